The van der Waals surface area contributed by atoms with Crippen LogP contribution >= 0.6 is 0 Å². The zero-order chi connectivity index (χ0) is 24.9. The normalized spacial score (nSPS) is 10.6. The number of para-hydroxylation sites is 1. The Morgan fingerprint density at radius 2 is 1.60 bits per heavy atom. The van der Waals surface area contributed by atoms with E-state index in [4.69, 9.17) is 14.5 Å². The van der Waals surface area contributed by atoms with Crippen LogP contribution in [0, 0.1) is 0 Å². The first kappa shape index (κ1) is 23.8. The molecule has 0 fully saturated rings. The Bertz CT molecular complexity index is 1380. The largest absolute Gasteiger partial charge is 0.493 e. The van der Waals surface area contributed by atoms with Gasteiger partial charge in [-0.15, -0.1) is 0 Å². The number of carbonyl (C=O) groups excluding carboxylic acids is 2. The fourth-order valence-electron chi connectivity index (χ4n) is 3.81. The number of aromatic nitrogens is 1. The third kappa shape index (κ3) is 5.09. The summed E-state index contributed by atoms with van der Waals surface area (Å²) in [4.78, 5) is 31.6. The average molecular weight is 470 g/mol. The lowest BCUT2D eigenvalue weighted by Gasteiger charge is -2.13. The number of nitrogens with zero attached hydrogens (tertiary/aromatic N) is 2. The Hall–Kier alpha value is -4.39. The van der Waals surface area contributed by atoms with Gasteiger partial charge in [-0.3, -0.25) is 9.59 Å². The number of hydrogen-bond acceptors (Lipinski definition) is 5. The molecule has 4 aromatic rings. The van der Waals surface area contributed by atoms with Crippen molar-refractivity contribution in [3.05, 3.63) is 89.5 Å². The number of rotatable bonds is 7. The molecule has 0 saturated heterocycles. The molecule has 35 heavy (non-hydrogen) atoms. The highest BCUT2D eigenvalue weighted by Gasteiger charge is 2.15. The van der Waals surface area contributed by atoms with Gasteiger partial charge in [0.15, 0.2) is 11.5 Å². The molecule has 0 radical (unpaired) electrons. The number of pyridine rings is 1. The molecule has 0 aliphatic rings. The van der Waals surface area contributed by atoms with Crippen molar-refractivity contribution in [1.82, 2.24) is 15.2 Å². The smallest absolute Gasteiger partial charge is 0.253 e. The highest BCUT2D eigenvalue weighted by Crippen LogP contribution is 2.33. The van der Waals surface area contributed by atoms with E-state index in [1.165, 1.54) is 4.90 Å². The number of nitrogens with one attached hydrogen (secondary N) is 1. The summed E-state index contributed by atoms with van der Waals surface area (Å²) in [5.41, 5.74) is 4.21. The lowest BCUT2D eigenvalue weighted by Crippen LogP contribution is -2.24. The number of methoxy groups -OCH3 is 2. The van der Waals surface area contributed by atoms with Gasteiger partial charge in [-0.1, -0.05) is 30.3 Å². The number of amides is 2. The molecule has 0 spiro atoms. The molecule has 7 nitrogen and oxygen atoms in total. The van der Waals surface area contributed by atoms with Crippen LogP contribution < -0.4 is 14.8 Å². The minimum absolute atomic E-state index is 0.0634. The van der Waals surface area contributed by atoms with E-state index in [0.717, 1.165) is 22.0 Å². The summed E-state index contributed by atoms with van der Waals surface area (Å²) in [6.07, 6.45) is 0. The summed E-state index contributed by atoms with van der Waals surface area (Å²) in [6, 6.07) is 22.1. The second kappa shape index (κ2) is 10.3. The van der Waals surface area contributed by atoms with Gasteiger partial charge in [0.05, 0.1) is 31.0 Å². The summed E-state index contributed by atoms with van der Waals surface area (Å²) >= 11 is 0. The Balaban J connectivity index is 1.62. The standard InChI is InChI=1S/C28H27N3O4/c1-31(2)28(33)19-11-9-18(10-12-19)17-29-27(32)22-16-24(30-23-8-6-5-7-21(22)23)20-13-14-25(34-3)26(15-20)35-4/h5-16H,17H2,1-4H3,(H,29,32). The highest BCUT2D eigenvalue weighted by molar-refractivity contribution is 6.07. The fourth-order valence-corrected chi connectivity index (χ4v) is 3.81. The molecular formula is C28H27N3O4. The Labute approximate surface area is 204 Å². The van der Waals surface area contributed by atoms with E-state index in [1.807, 2.05) is 54.6 Å². The molecule has 1 aromatic heterocycles. The van der Waals surface area contributed by atoms with Crippen molar-refractivity contribution in [3.63, 3.8) is 0 Å². The maximum atomic E-state index is 13.3. The van der Waals surface area contributed by atoms with E-state index >= 15 is 0 Å². The quantitative estimate of drug-likeness (QED) is 0.430. The molecular weight excluding hydrogens is 442 g/mol. The molecule has 0 unspecified atom stereocenters. The van der Waals surface area contributed by atoms with Crippen LogP contribution in [0.3, 0.4) is 0 Å². The van der Waals surface area contributed by atoms with Gasteiger partial charge in [-0.05, 0) is 48.0 Å². The van der Waals surface area contributed by atoms with Gasteiger partial charge in [0, 0.05) is 37.2 Å². The molecule has 0 atom stereocenters. The second-order valence-corrected chi connectivity index (χ2v) is 8.22. The second-order valence-electron chi connectivity index (χ2n) is 8.22. The summed E-state index contributed by atoms with van der Waals surface area (Å²) in [5, 5.41) is 3.76. The monoisotopic (exact) mass is 469 g/mol. The van der Waals surface area contributed by atoms with Crippen molar-refractivity contribution in [2.75, 3.05) is 28.3 Å². The maximum absolute atomic E-state index is 13.3. The van der Waals surface area contributed by atoms with E-state index in [2.05, 4.69) is 5.32 Å². The number of hydrogen-bond donors (Lipinski definition) is 1. The van der Waals surface area contributed by atoms with Gasteiger partial charge in [0.1, 0.15) is 0 Å². The van der Waals surface area contributed by atoms with Crippen LogP contribution in [0.1, 0.15) is 26.3 Å². The first-order chi connectivity index (χ1) is 16.9. The molecule has 1 heterocycles. The summed E-state index contributed by atoms with van der Waals surface area (Å²) in [7, 11) is 6.59. The molecule has 0 aliphatic carbocycles. The van der Waals surface area contributed by atoms with Gasteiger partial charge in [0.25, 0.3) is 11.8 Å². The van der Waals surface area contributed by atoms with E-state index in [1.54, 1.807) is 46.5 Å². The zero-order valence-electron chi connectivity index (χ0n) is 20.2. The van der Waals surface area contributed by atoms with Crippen molar-refractivity contribution in [1.29, 1.82) is 0 Å². The van der Waals surface area contributed by atoms with Crippen LogP contribution in [0.5, 0.6) is 11.5 Å². The van der Waals surface area contributed by atoms with Crippen molar-refractivity contribution in [2.24, 2.45) is 0 Å². The van der Waals surface area contributed by atoms with Gasteiger partial charge in [-0.2, -0.15) is 0 Å². The lowest BCUT2D eigenvalue weighted by molar-refractivity contribution is 0.0827. The molecule has 178 valence electrons. The maximum Gasteiger partial charge on any atom is 0.253 e. The van der Waals surface area contributed by atoms with E-state index in [0.29, 0.717) is 34.9 Å². The highest BCUT2D eigenvalue weighted by atomic mass is 16.5. The zero-order valence-corrected chi connectivity index (χ0v) is 20.2. The molecule has 4 rings (SSSR count). The SMILES string of the molecule is COc1ccc(-c2cc(C(=O)NCc3ccc(C(=O)N(C)C)cc3)c3ccccc3n2)cc1OC. The summed E-state index contributed by atoms with van der Waals surface area (Å²) < 4.78 is 10.8. The molecule has 3 aromatic carbocycles. The van der Waals surface area contributed by atoms with Crippen LogP contribution in [0.15, 0.2) is 72.8 Å². The topological polar surface area (TPSA) is 80.8 Å². The predicted octanol–water partition coefficient (Wildman–Crippen LogP) is 4.55. The fraction of sp³-hybridized carbons (Fsp3) is 0.179. The van der Waals surface area contributed by atoms with E-state index in [-0.39, 0.29) is 11.8 Å². The van der Waals surface area contributed by atoms with E-state index < -0.39 is 0 Å². The Morgan fingerprint density at radius 1 is 0.886 bits per heavy atom. The van der Waals surface area contributed by atoms with Crippen molar-refractivity contribution < 1.29 is 19.1 Å². The van der Waals surface area contributed by atoms with Crippen LogP contribution in [-0.4, -0.2) is 50.0 Å². The third-order valence-electron chi connectivity index (χ3n) is 5.70. The number of fused-ring (bicyclic) bond motifs is 1. The van der Waals surface area contributed by atoms with E-state index in [9.17, 15) is 9.59 Å². The molecule has 1 N–H and O–H groups in total. The van der Waals surface area contributed by atoms with Gasteiger partial charge in [-0.25, -0.2) is 4.98 Å². The van der Waals surface area contributed by atoms with Crippen molar-refractivity contribution in [3.8, 4) is 22.8 Å². The van der Waals surface area contributed by atoms with Crippen LogP contribution in [0.25, 0.3) is 22.2 Å². The first-order valence-electron chi connectivity index (χ1n) is 11.1. The number of benzene rings is 3. The summed E-state index contributed by atoms with van der Waals surface area (Å²) in [5.74, 6) is 0.931. The van der Waals surface area contributed by atoms with Crippen molar-refractivity contribution in [2.45, 2.75) is 6.54 Å². The van der Waals surface area contributed by atoms with Crippen LogP contribution in [0.2, 0.25) is 0 Å². The van der Waals surface area contributed by atoms with Crippen LogP contribution in [0.4, 0.5) is 0 Å². The minimum Gasteiger partial charge on any atom is -0.493 e. The van der Waals surface area contributed by atoms with Gasteiger partial charge < -0.3 is 19.7 Å². The summed E-state index contributed by atoms with van der Waals surface area (Å²) in [6.45, 7) is 0.331. The van der Waals surface area contributed by atoms with Gasteiger partial charge >= 0.3 is 0 Å². The third-order valence-corrected chi connectivity index (χ3v) is 5.70. The van der Waals surface area contributed by atoms with Crippen molar-refractivity contribution >= 4 is 22.7 Å². The molecule has 7 heteroatoms. The van der Waals surface area contributed by atoms with Crippen LogP contribution in [-0.2, 0) is 6.54 Å². The Morgan fingerprint density at radius 3 is 2.29 bits per heavy atom. The molecule has 2 amide bonds. The molecule has 0 saturated carbocycles. The molecule has 0 bridgehead atoms. The average Bonchev–Trinajstić information content (AvgIpc) is 2.90. The van der Waals surface area contributed by atoms with Gasteiger partial charge in [0.2, 0.25) is 0 Å². The number of carbonyl (C=O) groups is 2. The first-order valence-corrected chi connectivity index (χ1v) is 11.1. The number of ether oxygens (including phenoxy) is 2. The Kier molecular flexibility index (Phi) is 6.96. The minimum atomic E-state index is -0.209. The predicted molar refractivity (Wildman–Crippen MR) is 136 cm³/mol. The lowest BCUT2D eigenvalue weighted by atomic mass is 10.0. The molecule has 0 aliphatic heterocycles.